The number of piperidine rings is 1. The van der Waals surface area contributed by atoms with E-state index in [4.69, 9.17) is 0 Å². The molecule has 0 spiro atoms. The number of hydrogen-bond acceptors (Lipinski definition) is 2. The van der Waals surface area contributed by atoms with Gasteiger partial charge in [-0.05, 0) is 47.9 Å². The highest BCUT2D eigenvalue weighted by atomic mass is 19.1. The maximum Gasteiger partial charge on any atom is 0.253 e. The van der Waals surface area contributed by atoms with Crippen LogP contribution in [-0.2, 0) is 5.41 Å². The van der Waals surface area contributed by atoms with Gasteiger partial charge in [0.1, 0.15) is 11.5 Å². The summed E-state index contributed by atoms with van der Waals surface area (Å²) in [6.45, 7) is 7.76. The Bertz CT molecular complexity index is 993. The van der Waals surface area contributed by atoms with Crippen molar-refractivity contribution in [2.75, 3.05) is 13.1 Å². The van der Waals surface area contributed by atoms with Crippen LogP contribution in [-0.4, -0.2) is 33.9 Å². The number of hydrogen-bond donors (Lipinski definition) is 1. The lowest BCUT2D eigenvalue weighted by Gasteiger charge is -2.32. The Balaban J connectivity index is 1.47. The zero-order chi connectivity index (χ0) is 19.9. The molecule has 5 heteroatoms. The normalized spacial score (nSPS) is 15.9. The van der Waals surface area contributed by atoms with Gasteiger partial charge in [0.05, 0.1) is 6.20 Å². The predicted octanol–water partition coefficient (Wildman–Crippen LogP) is 5.02. The minimum Gasteiger partial charge on any atom is -0.346 e. The third-order valence-corrected chi connectivity index (χ3v) is 5.77. The molecule has 1 N–H and O–H groups in total. The monoisotopic (exact) mass is 379 g/mol. The van der Waals surface area contributed by atoms with E-state index in [1.165, 1.54) is 11.8 Å². The van der Waals surface area contributed by atoms with E-state index in [1.54, 1.807) is 6.20 Å². The maximum absolute atomic E-state index is 14.5. The van der Waals surface area contributed by atoms with E-state index < -0.39 is 0 Å². The summed E-state index contributed by atoms with van der Waals surface area (Å²) >= 11 is 0. The van der Waals surface area contributed by atoms with E-state index >= 15 is 0 Å². The molecule has 1 amide bonds. The second-order valence-electron chi connectivity index (χ2n) is 8.65. The Morgan fingerprint density at radius 2 is 1.82 bits per heavy atom. The number of benzene rings is 1. The molecule has 0 radical (unpaired) electrons. The minimum absolute atomic E-state index is 0.0564. The molecule has 1 aliphatic heterocycles. The fourth-order valence-electron chi connectivity index (χ4n) is 4.09. The lowest BCUT2D eigenvalue weighted by molar-refractivity contribution is 0.0712. The van der Waals surface area contributed by atoms with Crippen molar-refractivity contribution < 1.29 is 9.18 Å². The van der Waals surface area contributed by atoms with Crippen molar-refractivity contribution in [3.8, 4) is 0 Å². The number of likely N-dealkylation sites (tertiary alicyclic amines) is 1. The number of fused-ring (bicyclic) bond motifs is 1. The van der Waals surface area contributed by atoms with Crippen molar-refractivity contribution in [1.29, 1.82) is 0 Å². The molecule has 2 aromatic heterocycles. The SMILES string of the molecule is CC(C)(C)c1ccc(C(=O)N2CCC(c3c(F)cnc4[nH]ccc34)CC2)cc1. The molecule has 1 aliphatic rings. The second kappa shape index (κ2) is 7.04. The number of aromatic amines is 1. The molecule has 4 rings (SSSR count). The predicted molar refractivity (Wildman–Crippen MR) is 109 cm³/mol. The first kappa shape index (κ1) is 18.7. The molecular formula is C23H26FN3O. The summed E-state index contributed by atoms with van der Waals surface area (Å²) in [5.41, 5.74) is 3.45. The van der Waals surface area contributed by atoms with Crippen LogP contribution in [0.15, 0.2) is 42.7 Å². The second-order valence-corrected chi connectivity index (χ2v) is 8.65. The zero-order valence-corrected chi connectivity index (χ0v) is 16.6. The van der Waals surface area contributed by atoms with Crippen LogP contribution in [0.2, 0.25) is 0 Å². The van der Waals surface area contributed by atoms with Crippen molar-refractivity contribution in [1.82, 2.24) is 14.9 Å². The van der Waals surface area contributed by atoms with Gasteiger partial charge in [0, 0.05) is 35.8 Å². The van der Waals surface area contributed by atoms with Gasteiger partial charge in [0.25, 0.3) is 5.91 Å². The van der Waals surface area contributed by atoms with E-state index in [0.29, 0.717) is 18.7 Å². The van der Waals surface area contributed by atoms with Crippen LogP contribution >= 0.6 is 0 Å². The third-order valence-electron chi connectivity index (χ3n) is 5.77. The summed E-state index contributed by atoms with van der Waals surface area (Å²) in [6.07, 6.45) is 4.60. The molecular weight excluding hydrogens is 353 g/mol. The highest BCUT2D eigenvalue weighted by molar-refractivity contribution is 5.94. The number of amides is 1. The molecule has 3 heterocycles. The van der Waals surface area contributed by atoms with Crippen molar-refractivity contribution in [2.24, 2.45) is 0 Å². The Kier molecular flexibility index (Phi) is 4.69. The number of aromatic nitrogens is 2. The van der Waals surface area contributed by atoms with E-state index in [1.807, 2.05) is 35.2 Å². The number of pyridine rings is 1. The van der Waals surface area contributed by atoms with Gasteiger partial charge in [-0.25, -0.2) is 9.37 Å². The van der Waals surface area contributed by atoms with Crippen molar-refractivity contribution in [3.63, 3.8) is 0 Å². The molecule has 146 valence electrons. The van der Waals surface area contributed by atoms with Gasteiger partial charge in [-0.15, -0.1) is 0 Å². The molecule has 1 aromatic carbocycles. The van der Waals surface area contributed by atoms with Crippen LogP contribution in [0.4, 0.5) is 4.39 Å². The molecule has 1 saturated heterocycles. The first-order valence-electron chi connectivity index (χ1n) is 9.86. The molecule has 0 saturated carbocycles. The number of rotatable bonds is 2. The lowest BCUT2D eigenvalue weighted by Crippen LogP contribution is -2.38. The quantitative estimate of drug-likeness (QED) is 0.680. The smallest absolute Gasteiger partial charge is 0.253 e. The van der Waals surface area contributed by atoms with Gasteiger partial charge in [0.2, 0.25) is 0 Å². The van der Waals surface area contributed by atoms with E-state index in [2.05, 4.69) is 30.7 Å². The van der Waals surface area contributed by atoms with Gasteiger partial charge >= 0.3 is 0 Å². The standard InChI is InChI=1S/C23H26FN3O/c1-23(2,3)17-6-4-16(5-7-17)22(28)27-12-9-15(10-13-27)20-18-8-11-25-21(18)26-14-19(20)24/h4-8,11,14-15H,9-10,12-13H2,1-3H3,(H,25,26). The number of carbonyl (C=O) groups is 1. The Labute approximate surface area is 164 Å². The molecule has 0 atom stereocenters. The van der Waals surface area contributed by atoms with Gasteiger partial charge in [-0.1, -0.05) is 32.9 Å². The Morgan fingerprint density at radius 3 is 2.46 bits per heavy atom. The van der Waals surface area contributed by atoms with Crippen molar-refractivity contribution in [2.45, 2.75) is 44.9 Å². The number of H-pyrrole nitrogens is 1. The number of nitrogens with zero attached hydrogens (tertiary/aromatic N) is 2. The molecule has 0 aliphatic carbocycles. The Morgan fingerprint density at radius 1 is 1.14 bits per heavy atom. The van der Waals surface area contributed by atoms with Gasteiger partial charge in [-0.2, -0.15) is 0 Å². The lowest BCUT2D eigenvalue weighted by atomic mass is 9.86. The zero-order valence-electron chi connectivity index (χ0n) is 16.6. The molecule has 28 heavy (non-hydrogen) atoms. The topological polar surface area (TPSA) is 49.0 Å². The molecule has 3 aromatic rings. The number of halogens is 1. The third kappa shape index (κ3) is 3.41. The van der Waals surface area contributed by atoms with Gasteiger partial charge < -0.3 is 9.88 Å². The Hall–Kier alpha value is -2.69. The first-order chi connectivity index (χ1) is 13.3. The average molecular weight is 379 g/mol. The van der Waals surface area contributed by atoms with Crippen LogP contribution in [0, 0.1) is 5.82 Å². The largest absolute Gasteiger partial charge is 0.346 e. The molecule has 0 unspecified atom stereocenters. The van der Waals surface area contributed by atoms with E-state index in [-0.39, 0.29) is 23.1 Å². The highest BCUT2D eigenvalue weighted by Gasteiger charge is 2.28. The van der Waals surface area contributed by atoms with Gasteiger partial charge in [0.15, 0.2) is 0 Å². The number of nitrogens with one attached hydrogen (secondary N) is 1. The molecule has 0 bridgehead atoms. The maximum atomic E-state index is 14.5. The van der Waals surface area contributed by atoms with Crippen LogP contribution in [0.3, 0.4) is 0 Å². The van der Waals surface area contributed by atoms with Gasteiger partial charge in [-0.3, -0.25) is 4.79 Å². The minimum atomic E-state index is -0.255. The fraction of sp³-hybridized carbons (Fsp3) is 0.391. The van der Waals surface area contributed by atoms with Crippen LogP contribution in [0.25, 0.3) is 11.0 Å². The summed E-state index contributed by atoms with van der Waals surface area (Å²) in [4.78, 5) is 21.9. The van der Waals surface area contributed by atoms with Crippen LogP contribution < -0.4 is 0 Å². The fourth-order valence-corrected chi connectivity index (χ4v) is 4.09. The number of carbonyl (C=O) groups excluding carboxylic acids is 1. The van der Waals surface area contributed by atoms with Crippen LogP contribution in [0.1, 0.15) is 61.0 Å². The molecule has 4 nitrogen and oxygen atoms in total. The van der Waals surface area contributed by atoms with Crippen molar-refractivity contribution in [3.05, 3.63) is 65.2 Å². The van der Waals surface area contributed by atoms with E-state index in [0.717, 1.165) is 29.4 Å². The molecule has 1 fully saturated rings. The summed E-state index contributed by atoms with van der Waals surface area (Å²) in [6, 6.07) is 9.79. The van der Waals surface area contributed by atoms with E-state index in [9.17, 15) is 9.18 Å². The van der Waals surface area contributed by atoms with Crippen molar-refractivity contribution >= 4 is 16.9 Å². The summed E-state index contributed by atoms with van der Waals surface area (Å²) in [5.74, 6) is -0.0934. The summed E-state index contributed by atoms with van der Waals surface area (Å²) in [7, 11) is 0. The summed E-state index contributed by atoms with van der Waals surface area (Å²) < 4.78 is 14.5. The first-order valence-corrected chi connectivity index (χ1v) is 9.86. The average Bonchev–Trinajstić information content (AvgIpc) is 3.16. The summed E-state index contributed by atoms with van der Waals surface area (Å²) in [5, 5.41) is 0.850. The van der Waals surface area contributed by atoms with Crippen LogP contribution in [0.5, 0.6) is 0 Å². The highest BCUT2D eigenvalue weighted by Crippen LogP contribution is 2.34.